The van der Waals surface area contributed by atoms with E-state index in [1.165, 1.54) is 37.3 Å². The standard InChI is InChI=1S/C20H23NS/c1-13(2)18-10-14(3)6-8-17(18)20-12-15-11-16(21(4)5)7-9-19(15)22-20/h6-13H,1-5H3. The number of benzene rings is 2. The lowest BCUT2D eigenvalue weighted by molar-refractivity contribution is 0.868. The third-order valence-corrected chi connectivity index (χ3v) is 5.26. The zero-order chi connectivity index (χ0) is 15.9. The van der Waals surface area contributed by atoms with Gasteiger partial charge in [-0.15, -0.1) is 11.3 Å². The van der Waals surface area contributed by atoms with Crippen molar-refractivity contribution in [2.75, 3.05) is 19.0 Å². The van der Waals surface area contributed by atoms with Crippen LogP contribution in [-0.4, -0.2) is 14.1 Å². The highest BCUT2D eigenvalue weighted by molar-refractivity contribution is 7.22. The molecule has 0 atom stereocenters. The van der Waals surface area contributed by atoms with E-state index in [1.807, 2.05) is 11.3 Å². The van der Waals surface area contributed by atoms with Crippen LogP contribution in [0.15, 0.2) is 42.5 Å². The summed E-state index contributed by atoms with van der Waals surface area (Å²) in [6.45, 7) is 6.72. The molecule has 1 aromatic heterocycles. The molecule has 0 radical (unpaired) electrons. The molecular formula is C20H23NS. The minimum absolute atomic E-state index is 0.539. The van der Waals surface area contributed by atoms with E-state index in [2.05, 4.69) is 82.2 Å². The Morgan fingerprint density at radius 3 is 2.41 bits per heavy atom. The average molecular weight is 309 g/mol. The van der Waals surface area contributed by atoms with Gasteiger partial charge < -0.3 is 4.90 Å². The topological polar surface area (TPSA) is 3.24 Å². The molecule has 0 aliphatic heterocycles. The van der Waals surface area contributed by atoms with Crippen LogP contribution in [0.1, 0.15) is 30.9 Å². The second-order valence-corrected chi connectivity index (χ2v) is 7.56. The molecule has 2 heteroatoms. The predicted molar refractivity (Wildman–Crippen MR) is 100 cm³/mol. The van der Waals surface area contributed by atoms with Crippen LogP contribution >= 0.6 is 11.3 Å². The SMILES string of the molecule is Cc1ccc(-c2cc3cc(N(C)C)ccc3s2)c(C(C)C)c1. The Bertz CT molecular complexity index is 812. The average Bonchev–Trinajstić information content (AvgIpc) is 2.89. The second-order valence-electron chi connectivity index (χ2n) is 6.47. The maximum atomic E-state index is 2.34. The lowest BCUT2D eigenvalue weighted by Gasteiger charge is -2.12. The molecule has 1 heterocycles. The summed E-state index contributed by atoms with van der Waals surface area (Å²) in [4.78, 5) is 3.52. The number of fused-ring (bicyclic) bond motifs is 1. The fourth-order valence-corrected chi connectivity index (χ4v) is 3.92. The molecule has 0 saturated heterocycles. The summed E-state index contributed by atoms with van der Waals surface area (Å²) in [6, 6.07) is 15.9. The Morgan fingerprint density at radius 2 is 1.73 bits per heavy atom. The normalized spacial score (nSPS) is 11.4. The number of hydrogen-bond acceptors (Lipinski definition) is 2. The molecule has 0 aliphatic carbocycles. The smallest absolute Gasteiger partial charge is 0.0368 e. The number of aryl methyl sites for hydroxylation is 1. The number of anilines is 1. The molecule has 0 bridgehead atoms. The first-order valence-corrected chi connectivity index (χ1v) is 8.59. The molecule has 22 heavy (non-hydrogen) atoms. The molecule has 0 spiro atoms. The van der Waals surface area contributed by atoms with E-state index in [9.17, 15) is 0 Å². The Morgan fingerprint density at radius 1 is 0.955 bits per heavy atom. The molecule has 0 aliphatic rings. The molecule has 0 saturated carbocycles. The minimum Gasteiger partial charge on any atom is -0.378 e. The third-order valence-electron chi connectivity index (χ3n) is 4.11. The van der Waals surface area contributed by atoms with E-state index in [-0.39, 0.29) is 0 Å². The van der Waals surface area contributed by atoms with Crippen molar-refractivity contribution in [3.05, 3.63) is 53.6 Å². The summed E-state index contributed by atoms with van der Waals surface area (Å²) < 4.78 is 1.36. The molecule has 0 fully saturated rings. The summed E-state index contributed by atoms with van der Waals surface area (Å²) in [5.41, 5.74) is 5.42. The van der Waals surface area contributed by atoms with Crippen LogP contribution in [0.25, 0.3) is 20.5 Å². The van der Waals surface area contributed by atoms with Gasteiger partial charge in [0.25, 0.3) is 0 Å². The highest BCUT2D eigenvalue weighted by Gasteiger charge is 2.12. The molecule has 0 unspecified atom stereocenters. The van der Waals surface area contributed by atoms with E-state index in [0.29, 0.717) is 5.92 Å². The van der Waals surface area contributed by atoms with Crippen LogP contribution in [0, 0.1) is 6.92 Å². The summed E-state index contributed by atoms with van der Waals surface area (Å²) in [5, 5.41) is 1.33. The van der Waals surface area contributed by atoms with Gasteiger partial charge in [-0.25, -0.2) is 0 Å². The molecule has 2 aromatic carbocycles. The van der Waals surface area contributed by atoms with Crippen LogP contribution in [0.5, 0.6) is 0 Å². The fourth-order valence-electron chi connectivity index (χ4n) is 2.83. The molecule has 0 N–H and O–H groups in total. The lowest BCUT2D eigenvalue weighted by atomic mass is 9.94. The first kappa shape index (κ1) is 15.1. The largest absolute Gasteiger partial charge is 0.378 e. The van der Waals surface area contributed by atoms with Crippen molar-refractivity contribution in [3.63, 3.8) is 0 Å². The zero-order valence-electron chi connectivity index (χ0n) is 14.0. The van der Waals surface area contributed by atoms with Gasteiger partial charge >= 0.3 is 0 Å². The van der Waals surface area contributed by atoms with E-state index in [0.717, 1.165) is 0 Å². The molecule has 1 nitrogen and oxygen atoms in total. The summed E-state index contributed by atoms with van der Waals surface area (Å²) in [7, 11) is 4.18. The Hall–Kier alpha value is -1.80. The maximum absolute atomic E-state index is 2.34. The van der Waals surface area contributed by atoms with Crippen LogP contribution in [0.3, 0.4) is 0 Å². The third kappa shape index (κ3) is 2.76. The Balaban J connectivity index is 2.14. The molecular weight excluding hydrogens is 286 g/mol. The highest BCUT2D eigenvalue weighted by atomic mass is 32.1. The Kier molecular flexibility index (Phi) is 3.96. The van der Waals surface area contributed by atoms with Gasteiger partial charge in [0, 0.05) is 29.4 Å². The van der Waals surface area contributed by atoms with Crippen LogP contribution in [0.2, 0.25) is 0 Å². The number of rotatable bonds is 3. The predicted octanol–water partition coefficient (Wildman–Crippen LogP) is 6.07. The molecule has 3 aromatic rings. The minimum atomic E-state index is 0.539. The van der Waals surface area contributed by atoms with Crippen molar-refractivity contribution < 1.29 is 0 Å². The van der Waals surface area contributed by atoms with E-state index in [1.54, 1.807) is 0 Å². The van der Waals surface area contributed by atoms with Gasteiger partial charge in [-0.3, -0.25) is 0 Å². The van der Waals surface area contributed by atoms with Gasteiger partial charge in [0.1, 0.15) is 0 Å². The maximum Gasteiger partial charge on any atom is 0.0368 e. The van der Waals surface area contributed by atoms with Crippen molar-refractivity contribution in [1.82, 2.24) is 0 Å². The van der Waals surface area contributed by atoms with Crippen molar-refractivity contribution in [2.45, 2.75) is 26.7 Å². The van der Waals surface area contributed by atoms with Crippen molar-refractivity contribution in [1.29, 1.82) is 0 Å². The zero-order valence-corrected chi connectivity index (χ0v) is 14.8. The van der Waals surface area contributed by atoms with Gasteiger partial charge in [-0.2, -0.15) is 0 Å². The number of thiophene rings is 1. The molecule has 3 rings (SSSR count). The van der Waals surface area contributed by atoms with Gasteiger partial charge in [0.2, 0.25) is 0 Å². The van der Waals surface area contributed by atoms with E-state index >= 15 is 0 Å². The fraction of sp³-hybridized carbons (Fsp3) is 0.300. The van der Waals surface area contributed by atoms with Crippen molar-refractivity contribution in [3.8, 4) is 10.4 Å². The van der Waals surface area contributed by atoms with Crippen LogP contribution < -0.4 is 4.90 Å². The van der Waals surface area contributed by atoms with Crippen LogP contribution in [0.4, 0.5) is 5.69 Å². The van der Waals surface area contributed by atoms with Crippen LogP contribution in [-0.2, 0) is 0 Å². The lowest BCUT2D eigenvalue weighted by Crippen LogP contribution is -2.07. The summed E-state index contributed by atoms with van der Waals surface area (Å²) in [6.07, 6.45) is 0. The van der Waals surface area contributed by atoms with E-state index in [4.69, 9.17) is 0 Å². The molecule has 114 valence electrons. The first-order chi connectivity index (χ1) is 10.5. The Labute approximate surface area is 137 Å². The monoisotopic (exact) mass is 309 g/mol. The van der Waals surface area contributed by atoms with E-state index < -0.39 is 0 Å². The molecule has 0 amide bonds. The summed E-state index contributed by atoms with van der Waals surface area (Å²) in [5.74, 6) is 0.539. The highest BCUT2D eigenvalue weighted by Crippen LogP contribution is 2.38. The van der Waals surface area contributed by atoms with Gasteiger partial charge in [-0.05, 0) is 53.6 Å². The van der Waals surface area contributed by atoms with Gasteiger partial charge in [0.05, 0.1) is 0 Å². The second kappa shape index (κ2) is 5.77. The summed E-state index contributed by atoms with van der Waals surface area (Å²) >= 11 is 1.89. The number of hydrogen-bond donors (Lipinski definition) is 0. The first-order valence-electron chi connectivity index (χ1n) is 7.77. The van der Waals surface area contributed by atoms with Crippen molar-refractivity contribution >= 4 is 27.1 Å². The van der Waals surface area contributed by atoms with Gasteiger partial charge in [0.15, 0.2) is 0 Å². The number of nitrogens with zero attached hydrogens (tertiary/aromatic N) is 1. The van der Waals surface area contributed by atoms with Gasteiger partial charge in [-0.1, -0.05) is 37.6 Å². The quantitative estimate of drug-likeness (QED) is 0.568. The van der Waals surface area contributed by atoms with Crippen molar-refractivity contribution in [2.24, 2.45) is 0 Å².